The summed E-state index contributed by atoms with van der Waals surface area (Å²) in [5.74, 6) is 1.43. The Morgan fingerprint density at radius 1 is 1.44 bits per heavy atom. The SMILES string of the molecule is CCc1nocc1C(=O)NCC1CCC(C)CC1. The molecule has 0 spiro atoms. The van der Waals surface area contributed by atoms with E-state index in [0.29, 0.717) is 11.5 Å². The molecule has 1 aromatic heterocycles. The van der Waals surface area contributed by atoms with Gasteiger partial charge in [-0.2, -0.15) is 0 Å². The highest BCUT2D eigenvalue weighted by Gasteiger charge is 2.20. The standard InChI is InChI=1S/C14H22N2O2/c1-3-13-12(9-18-16-13)14(17)15-8-11-6-4-10(2)5-7-11/h9-11H,3-8H2,1-2H3,(H,15,17). The highest BCUT2D eigenvalue weighted by Crippen LogP contribution is 2.27. The fraction of sp³-hybridized carbons (Fsp3) is 0.714. The molecule has 0 saturated heterocycles. The average molecular weight is 250 g/mol. The van der Waals surface area contributed by atoms with Crippen molar-refractivity contribution in [3.05, 3.63) is 17.5 Å². The Morgan fingerprint density at radius 2 is 2.17 bits per heavy atom. The Bertz CT molecular complexity index is 392. The van der Waals surface area contributed by atoms with Crippen LogP contribution in [0, 0.1) is 11.8 Å². The molecule has 1 fully saturated rings. The van der Waals surface area contributed by atoms with Crippen LogP contribution in [0.2, 0.25) is 0 Å². The van der Waals surface area contributed by atoms with Gasteiger partial charge in [0, 0.05) is 6.54 Å². The summed E-state index contributed by atoms with van der Waals surface area (Å²) in [5.41, 5.74) is 1.33. The number of nitrogens with zero attached hydrogens (tertiary/aromatic N) is 1. The van der Waals surface area contributed by atoms with Crippen LogP contribution in [-0.2, 0) is 6.42 Å². The highest BCUT2D eigenvalue weighted by molar-refractivity contribution is 5.94. The van der Waals surface area contributed by atoms with E-state index in [0.717, 1.165) is 24.6 Å². The third-order valence-corrected chi connectivity index (χ3v) is 3.91. The molecule has 1 saturated carbocycles. The molecule has 100 valence electrons. The zero-order valence-electron chi connectivity index (χ0n) is 11.2. The van der Waals surface area contributed by atoms with Crippen molar-refractivity contribution >= 4 is 5.91 Å². The molecule has 1 aliphatic rings. The molecular weight excluding hydrogens is 228 g/mol. The second-order valence-electron chi connectivity index (χ2n) is 5.36. The topological polar surface area (TPSA) is 55.1 Å². The van der Waals surface area contributed by atoms with Crippen LogP contribution in [0.1, 0.15) is 55.6 Å². The van der Waals surface area contributed by atoms with Crippen LogP contribution in [0.4, 0.5) is 0 Å². The molecule has 0 unspecified atom stereocenters. The van der Waals surface area contributed by atoms with Crippen LogP contribution >= 0.6 is 0 Å². The van der Waals surface area contributed by atoms with Crippen molar-refractivity contribution in [2.24, 2.45) is 11.8 Å². The third kappa shape index (κ3) is 3.12. The van der Waals surface area contributed by atoms with Crippen molar-refractivity contribution in [3.8, 4) is 0 Å². The van der Waals surface area contributed by atoms with Gasteiger partial charge in [-0.3, -0.25) is 4.79 Å². The van der Waals surface area contributed by atoms with Gasteiger partial charge in [0.25, 0.3) is 5.91 Å². The van der Waals surface area contributed by atoms with E-state index in [4.69, 9.17) is 4.52 Å². The van der Waals surface area contributed by atoms with Crippen molar-refractivity contribution in [1.82, 2.24) is 10.5 Å². The second kappa shape index (κ2) is 6.03. The molecule has 1 amide bonds. The number of hydrogen-bond donors (Lipinski definition) is 1. The predicted octanol–water partition coefficient (Wildman–Crippen LogP) is 2.79. The van der Waals surface area contributed by atoms with E-state index < -0.39 is 0 Å². The van der Waals surface area contributed by atoms with Crippen LogP contribution in [0.15, 0.2) is 10.8 Å². The lowest BCUT2D eigenvalue weighted by Gasteiger charge is -2.26. The molecule has 0 aromatic carbocycles. The van der Waals surface area contributed by atoms with Crippen LogP contribution in [0.3, 0.4) is 0 Å². The molecule has 1 aromatic rings. The first kappa shape index (κ1) is 13.1. The summed E-state index contributed by atoms with van der Waals surface area (Å²) in [5, 5.41) is 6.83. The Kier molecular flexibility index (Phi) is 4.39. The predicted molar refractivity (Wildman–Crippen MR) is 69.3 cm³/mol. The second-order valence-corrected chi connectivity index (χ2v) is 5.36. The molecule has 1 aliphatic carbocycles. The van der Waals surface area contributed by atoms with Gasteiger partial charge in [0.1, 0.15) is 11.8 Å². The quantitative estimate of drug-likeness (QED) is 0.894. The molecule has 0 radical (unpaired) electrons. The maximum Gasteiger partial charge on any atom is 0.256 e. The van der Waals surface area contributed by atoms with E-state index in [1.54, 1.807) is 0 Å². The first-order valence-corrected chi connectivity index (χ1v) is 6.92. The Balaban J connectivity index is 1.81. The molecular formula is C14H22N2O2. The van der Waals surface area contributed by atoms with Crippen LogP contribution in [0.25, 0.3) is 0 Å². The van der Waals surface area contributed by atoms with Crippen molar-refractivity contribution < 1.29 is 9.32 Å². The van der Waals surface area contributed by atoms with Gasteiger partial charge in [-0.25, -0.2) is 0 Å². The summed E-state index contributed by atoms with van der Waals surface area (Å²) in [6.07, 6.45) is 7.19. The molecule has 0 atom stereocenters. The normalized spacial score (nSPS) is 23.9. The number of carbonyl (C=O) groups is 1. The molecule has 1 N–H and O–H groups in total. The van der Waals surface area contributed by atoms with Gasteiger partial charge in [-0.15, -0.1) is 0 Å². The minimum Gasteiger partial charge on any atom is -0.364 e. The number of amides is 1. The Morgan fingerprint density at radius 3 is 2.83 bits per heavy atom. The van der Waals surface area contributed by atoms with E-state index >= 15 is 0 Å². The molecule has 4 nitrogen and oxygen atoms in total. The summed E-state index contributed by atoms with van der Waals surface area (Å²) in [6.45, 7) is 5.05. The average Bonchev–Trinajstić information content (AvgIpc) is 2.86. The maximum absolute atomic E-state index is 12.0. The zero-order chi connectivity index (χ0) is 13.0. The molecule has 2 rings (SSSR count). The number of aromatic nitrogens is 1. The Labute approximate surface area is 108 Å². The number of carbonyl (C=O) groups excluding carboxylic acids is 1. The smallest absolute Gasteiger partial charge is 0.256 e. The summed E-state index contributed by atoms with van der Waals surface area (Å²) >= 11 is 0. The van der Waals surface area contributed by atoms with Crippen LogP contribution in [0.5, 0.6) is 0 Å². The Hall–Kier alpha value is -1.32. The fourth-order valence-electron chi connectivity index (χ4n) is 2.56. The molecule has 0 aliphatic heterocycles. The van der Waals surface area contributed by atoms with Crippen molar-refractivity contribution in [1.29, 1.82) is 0 Å². The first-order valence-electron chi connectivity index (χ1n) is 6.92. The number of rotatable bonds is 4. The lowest BCUT2D eigenvalue weighted by Crippen LogP contribution is -2.31. The minimum atomic E-state index is -0.0493. The van der Waals surface area contributed by atoms with Gasteiger partial charge in [0.15, 0.2) is 0 Å². The van der Waals surface area contributed by atoms with Crippen LogP contribution in [-0.4, -0.2) is 17.6 Å². The van der Waals surface area contributed by atoms with Crippen LogP contribution < -0.4 is 5.32 Å². The maximum atomic E-state index is 12.0. The minimum absolute atomic E-state index is 0.0493. The van der Waals surface area contributed by atoms with Crippen molar-refractivity contribution in [2.45, 2.75) is 46.0 Å². The van der Waals surface area contributed by atoms with Gasteiger partial charge >= 0.3 is 0 Å². The van der Waals surface area contributed by atoms with Gasteiger partial charge in [0.05, 0.1) is 5.69 Å². The van der Waals surface area contributed by atoms with E-state index in [9.17, 15) is 4.79 Å². The molecule has 4 heteroatoms. The monoisotopic (exact) mass is 250 g/mol. The largest absolute Gasteiger partial charge is 0.364 e. The fourth-order valence-corrected chi connectivity index (χ4v) is 2.56. The molecule has 1 heterocycles. The van der Waals surface area contributed by atoms with Gasteiger partial charge in [0.2, 0.25) is 0 Å². The lowest BCUT2D eigenvalue weighted by molar-refractivity contribution is 0.0940. The van der Waals surface area contributed by atoms with Gasteiger partial charge in [-0.05, 0) is 31.1 Å². The van der Waals surface area contributed by atoms with E-state index in [1.165, 1.54) is 31.9 Å². The van der Waals surface area contributed by atoms with E-state index in [1.807, 2.05) is 6.92 Å². The number of hydrogen-bond acceptors (Lipinski definition) is 3. The summed E-state index contributed by atoms with van der Waals surface area (Å²) in [4.78, 5) is 12.0. The molecule has 0 bridgehead atoms. The summed E-state index contributed by atoms with van der Waals surface area (Å²) in [6, 6.07) is 0. The zero-order valence-corrected chi connectivity index (χ0v) is 11.2. The first-order chi connectivity index (χ1) is 8.70. The third-order valence-electron chi connectivity index (χ3n) is 3.91. The van der Waals surface area contributed by atoms with E-state index in [2.05, 4.69) is 17.4 Å². The van der Waals surface area contributed by atoms with E-state index in [-0.39, 0.29) is 5.91 Å². The lowest BCUT2D eigenvalue weighted by atomic mass is 9.83. The summed E-state index contributed by atoms with van der Waals surface area (Å²) < 4.78 is 4.85. The summed E-state index contributed by atoms with van der Waals surface area (Å²) in [7, 11) is 0. The highest BCUT2D eigenvalue weighted by atomic mass is 16.5. The van der Waals surface area contributed by atoms with Gasteiger partial charge in [-0.1, -0.05) is 31.8 Å². The molecule has 18 heavy (non-hydrogen) atoms. The number of nitrogens with one attached hydrogen (secondary N) is 1. The number of aryl methyl sites for hydroxylation is 1. The van der Waals surface area contributed by atoms with Gasteiger partial charge < -0.3 is 9.84 Å². The van der Waals surface area contributed by atoms with Crippen molar-refractivity contribution in [3.63, 3.8) is 0 Å². The van der Waals surface area contributed by atoms with Crippen molar-refractivity contribution in [2.75, 3.05) is 6.54 Å².